The van der Waals surface area contributed by atoms with Crippen molar-refractivity contribution in [2.24, 2.45) is 0 Å². The molecule has 2 atom stereocenters. The van der Waals surface area contributed by atoms with Gasteiger partial charge >= 0.3 is 12.4 Å². The van der Waals surface area contributed by atoms with Crippen molar-refractivity contribution in [3.05, 3.63) is 83.9 Å². The maximum Gasteiger partial charge on any atom is 0.441 e. The van der Waals surface area contributed by atoms with E-state index in [1.807, 2.05) is 0 Å². The van der Waals surface area contributed by atoms with Crippen molar-refractivity contribution in [2.75, 3.05) is 10.6 Å². The molecule has 0 aromatic heterocycles. The number of halogens is 6. The first kappa shape index (κ1) is 20.2. The Morgan fingerprint density at radius 2 is 0.879 bits per heavy atom. The van der Waals surface area contributed by atoms with E-state index in [2.05, 4.69) is 10.6 Å². The van der Waals surface area contributed by atoms with Gasteiger partial charge in [0.2, 0.25) is 0 Å². The molecule has 0 spiro atoms. The number of ether oxygens (including phenoxy) is 1. The Morgan fingerprint density at radius 1 is 0.545 bits per heavy atom. The molecule has 2 aliphatic rings. The summed E-state index contributed by atoms with van der Waals surface area (Å²) in [6, 6.07) is 18.0. The summed E-state index contributed by atoms with van der Waals surface area (Å²) in [5.74, 6) is 0. The predicted molar refractivity (Wildman–Crippen MR) is 112 cm³/mol. The first-order valence-corrected chi connectivity index (χ1v) is 10.0. The van der Waals surface area contributed by atoms with Crippen LogP contribution in [0.25, 0.3) is 21.5 Å². The van der Waals surface area contributed by atoms with E-state index in [1.165, 1.54) is 24.3 Å². The number of fused-ring (bicyclic) bond motifs is 8. The Morgan fingerprint density at radius 3 is 1.21 bits per heavy atom. The molecular formula is C24H14F6N2O. The zero-order valence-electron chi connectivity index (χ0n) is 16.6. The largest absolute Gasteiger partial charge is 0.441 e. The van der Waals surface area contributed by atoms with Gasteiger partial charge in [0, 0.05) is 22.5 Å². The van der Waals surface area contributed by atoms with Crippen LogP contribution in [0.5, 0.6) is 0 Å². The molecule has 0 saturated carbocycles. The van der Waals surface area contributed by atoms with E-state index < -0.39 is 34.9 Å². The van der Waals surface area contributed by atoms with Crippen molar-refractivity contribution in [3.8, 4) is 0 Å². The minimum absolute atomic E-state index is 0.305. The van der Waals surface area contributed by atoms with Gasteiger partial charge in [-0.3, -0.25) is 0 Å². The summed E-state index contributed by atoms with van der Waals surface area (Å²) in [5.41, 5.74) is -8.37. The molecule has 0 amide bonds. The number of alkyl halides is 6. The maximum absolute atomic E-state index is 14.7. The number of hydrogen-bond donors (Lipinski definition) is 2. The van der Waals surface area contributed by atoms with Crippen molar-refractivity contribution in [1.29, 1.82) is 0 Å². The van der Waals surface area contributed by atoms with Crippen molar-refractivity contribution in [3.63, 3.8) is 0 Å². The summed E-state index contributed by atoms with van der Waals surface area (Å²) in [4.78, 5) is 0. The number of anilines is 2. The Balaban J connectivity index is 1.74. The third kappa shape index (κ3) is 2.56. The standard InChI is InChI=1S/C24H14F6N2O/c25-23(26,27)21-17-9-13-5-1-3-7-15(13)11-19(17)31-22(33-21,24(28,29)30)18-10-14-6-2-4-8-16(14)12-20(18)32-21/h1-12,31-32H. The van der Waals surface area contributed by atoms with E-state index in [0.29, 0.717) is 21.5 Å². The second-order valence-corrected chi connectivity index (χ2v) is 8.20. The third-order valence-corrected chi connectivity index (χ3v) is 6.26. The lowest BCUT2D eigenvalue weighted by Crippen LogP contribution is -2.67. The summed E-state index contributed by atoms with van der Waals surface area (Å²) in [6.07, 6.45) is -10.4. The molecular weight excluding hydrogens is 446 g/mol. The fourth-order valence-corrected chi connectivity index (χ4v) is 4.74. The minimum Gasteiger partial charge on any atom is -0.346 e. The number of rotatable bonds is 0. The molecule has 0 saturated heterocycles. The Kier molecular flexibility index (Phi) is 3.73. The van der Waals surface area contributed by atoms with Crippen LogP contribution in [0, 0.1) is 0 Å². The van der Waals surface area contributed by atoms with E-state index in [4.69, 9.17) is 4.74 Å². The van der Waals surface area contributed by atoms with Crippen LogP contribution >= 0.6 is 0 Å². The predicted octanol–water partition coefficient (Wildman–Crippen LogP) is 6.99. The summed E-state index contributed by atoms with van der Waals surface area (Å²) in [7, 11) is 0. The van der Waals surface area contributed by atoms with Gasteiger partial charge in [-0.05, 0) is 45.8 Å². The highest BCUT2D eigenvalue weighted by Crippen LogP contribution is 2.61. The van der Waals surface area contributed by atoms with E-state index in [9.17, 15) is 26.3 Å². The summed E-state index contributed by atoms with van der Waals surface area (Å²) < 4.78 is 93.1. The van der Waals surface area contributed by atoms with Crippen LogP contribution in [0.3, 0.4) is 0 Å². The molecule has 0 radical (unpaired) electrons. The molecule has 2 aliphatic heterocycles. The molecule has 2 N–H and O–H groups in total. The molecule has 4 aromatic rings. The first-order chi connectivity index (χ1) is 15.5. The quantitative estimate of drug-likeness (QED) is 0.278. The molecule has 2 bridgehead atoms. The van der Waals surface area contributed by atoms with Crippen LogP contribution in [-0.2, 0) is 16.2 Å². The fraction of sp³-hybridized carbons (Fsp3) is 0.167. The van der Waals surface area contributed by atoms with Gasteiger partial charge in [-0.15, -0.1) is 0 Å². The normalized spacial score (nSPS) is 24.1. The van der Waals surface area contributed by atoms with Crippen molar-refractivity contribution < 1.29 is 31.1 Å². The molecule has 9 heteroatoms. The van der Waals surface area contributed by atoms with E-state index in [-0.39, 0.29) is 11.4 Å². The molecule has 0 fully saturated rings. The highest BCUT2D eigenvalue weighted by atomic mass is 19.4. The van der Waals surface area contributed by atoms with Gasteiger partial charge < -0.3 is 15.4 Å². The Hall–Kier alpha value is -3.46. The van der Waals surface area contributed by atoms with Gasteiger partial charge in [0.05, 0.1) is 0 Å². The lowest BCUT2D eigenvalue weighted by Gasteiger charge is -2.54. The number of hydrogen-bond acceptors (Lipinski definition) is 3. The molecule has 6 rings (SSSR count). The number of nitrogens with one attached hydrogen (secondary N) is 2. The van der Waals surface area contributed by atoms with Crippen LogP contribution in [0.4, 0.5) is 37.7 Å². The topological polar surface area (TPSA) is 33.3 Å². The highest BCUT2D eigenvalue weighted by Gasteiger charge is 2.74. The van der Waals surface area contributed by atoms with Gasteiger partial charge in [-0.25, -0.2) is 0 Å². The fourth-order valence-electron chi connectivity index (χ4n) is 4.74. The Bertz CT molecular complexity index is 1340. The first-order valence-electron chi connectivity index (χ1n) is 10.0. The van der Waals surface area contributed by atoms with Gasteiger partial charge in [0.25, 0.3) is 11.4 Å². The molecule has 4 aromatic carbocycles. The van der Waals surface area contributed by atoms with Crippen molar-refractivity contribution >= 4 is 32.9 Å². The summed E-state index contributed by atoms with van der Waals surface area (Å²) >= 11 is 0. The lowest BCUT2D eigenvalue weighted by atomic mass is 9.85. The molecule has 168 valence electrons. The van der Waals surface area contributed by atoms with Crippen LogP contribution in [0.2, 0.25) is 0 Å². The van der Waals surface area contributed by atoms with Crippen LogP contribution < -0.4 is 10.6 Å². The van der Waals surface area contributed by atoms with Gasteiger partial charge in [0.15, 0.2) is 0 Å². The van der Waals surface area contributed by atoms with Crippen molar-refractivity contribution in [1.82, 2.24) is 0 Å². The van der Waals surface area contributed by atoms with E-state index in [1.54, 1.807) is 48.5 Å². The van der Waals surface area contributed by atoms with Gasteiger partial charge in [0.1, 0.15) is 0 Å². The van der Waals surface area contributed by atoms with Gasteiger partial charge in [-0.1, -0.05) is 48.5 Å². The molecule has 0 aliphatic carbocycles. The van der Waals surface area contributed by atoms with Crippen LogP contribution in [0.15, 0.2) is 72.8 Å². The van der Waals surface area contributed by atoms with Crippen LogP contribution in [0.1, 0.15) is 11.1 Å². The van der Waals surface area contributed by atoms with E-state index in [0.717, 1.165) is 0 Å². The summed E-state index contributed by atoms with van der Waals surface area (Å²) in [6.45, 7) is 0. The summed E-state index contributed by atoms with van der Waals surface area (Å²) in [5, 5.41) is 6.48. The second-order valence-electron chi connectivity index (χ2n) is 8.20. The second kappa shape index (κ2) is 6.11. The highest BCUT2D eigenvalue weighted by molar-refractivity contribution is 5.92. The zero-order chi connectivity index (χ0) is 23.2. The molecule has 33 heavy (non-hydrogen) atoms. The lowest BCUT2D eigenvalue weighted by molar-refractivity contribution is -0.369. The van der Waals surface area contributed by atoms with Crippen LogP contribution in [-0.4, -0.2) is 12.4 Å². The third-order valence-electron chi connectivity index (χ3n) is 6.26. The molecule has 3 nitrogen and oxygen atoms in total. The molecule has 2 heterocycles. The van der Waals surface area contributed by atoms with E-state index >= 15 is 0 Å². The SMILES string of the molecule is FC(F)(F)C12Nc3cc4ccccc4cc3C(C(F)(F)F)(Nc3cc4ccccc4cc31)O2. The number of benzene rings is 4. The van der Waals surface area contributed by atoms with Crippen molar-refractivity contribution in [2.45, 2.75) is 23.8 Å². The molecule has 2 unspecified atom stereocenters. The minimum atomic E-state index is -5.22. The Labute approximate surface area is 183 Å². The zero-order valence-corrected chi connectivity index (χ0v) is 16.6. The smallest absolute Gasteiger partial charge is 0.346 e. The monoisotopic (exact) mass is 460 g/mol. The maximum atomic E-state index is 14.7. The average molecular weight is 460 g/mol. The average Bonchev–Trinajstić information content (AvgIpc) is 2.75. The van der Waals surface area contributed by atoms with Gasteiger partial charge in [-0.2, -0.15) is 26.3 Å².